The summed E-state index contributed by atoms with van der Waals surface area (Å²) in [6, 6.07) is 2.89. The van der Waals surface area contributed by atoms with Gasteiger partial charge in [-0.3, -0.25) is 4.79 Å². The molecule has 0 saturated carbocycles. The van der Waals surface area contributed by atoms with Crippen molar-refractivity contribution < 1.29 is 29.6 Å². The first kappa shape index (κ1) is 15.3. The van der Waals surface area contributed by atoms with Gasteiger partial charge in [0, 0.05) is 11.8 Å². The molecule has 0 radical (unpaired) electrons. The van der Waals surface area contributed by atoms with Gasteiger partial charge in [-0.1, -0.05) is 0 Å². The summed E-state index contributed by atoms with van der Waals surface area (Å²) < 4.78 is 4.65. The predicted molar refractivity (Wildman–Crippen MR) is 81.9 cm³/mol. The molecule has 3 rings (SSSR count). The lowest BCUT2D eigenvalue weighted by Gasteiger charge is -2.23. The van der Waals surface area contributed by atoms with Gasteiger partial charge in [-0.2, -0.15) is 0 Å². The van der Waals surface area contributed by atoms with Crippen LogP contribution in [-0.4, -0.2) is 34.2 Å². The molecule has 0 fully saturated rings. The highest BCUT2D eigenvalue weighted by Gasteiger charge is 2.30. The third-order valence-electron chi connectivity index (χ3n) is 4.33. The van der Waals surface area contributed by atoms with Crippen molar-refractivity contribution in [3.63, 3.8) is 0 Å². The van der Waals surface area contributed by atoms with Gasteiger partial charge >= 0.3 is 5.97 Å². The maximum Gasteiger partial charge on any atom is 0.341 e. The highest BCUT2D eigenvalue weighted by atomic mass is 16.5. The number of methoxy groups -OCH3 is 1. The highest BCUT2D eigenvalue weighted by molar-refractivity contribution is 6.10. The molecule has 23 heavy (non-hydrogen) atoms. The summed E-state index contributed by atoms with van der Waals surface area (Å²) in [5.74, 6) is -1.54. The highest BCUT2D eigenvalue weighted by Crippen LogP contribution is 2.43. The Morgan fingerprint density at radius 1 is 1.30 bits per heavy atom. The Bertz CT molecular complexity index is 852. The number of carbonyl (C=O) groups excluding carboxylic acids is 2. The number of Topliss-reactive ketones (excluding diaryl/α,β-unsaturated/α-hetero) is 1. The number of ketones is 1. The fourth-order valence-electron chi connectivity index (χ4n) is 3.22. The molecular weight excluding hydrogens is 300 g/mol. The number of ether oxygens (including phenoxy) is 1. The maximum absolute atomic E-state index is 12.1. The van der Waals surface area contributed by atoms with E-state index in [9.17, 15) is 24.9 Å². The molecule has 1 aliphatic carbocycles. The first-order chi connectivity index (χ1) is 10.9. The van der Waals surface area contributed by atoms with Crippen LogP contribution in [0, 0.1) is 6.92 Å². The number of esters is 1. The van der Waals surface area contributed by atoms with Crippen molar-refractivity contribution in [3.05, 3.63) is 34.4 Å². The number of hydrogen-bond acceptors (Lipinski definition) is 6. The number of fused-ring (bicyclic) bond motifs is 2. The fraction of sp³-hybridized carbons (Fsp3) is 0.294. The van der Waals surface area contributed by atoms with Gasteiger partial charge in [0.05, 0.1) is 18.8 Å². The van der Waals surface area contributed by atoms with Crippen molar-refractivity contribution in [2.75, 3.05) is 7.11 Å². The molecule has 6 heteroatoms. The average molecular weight is 316 g/mol. The number of phenolic OH excluding ortho intramolecular Hbond substituents is 2. The SMILES string of the molecule is COC(=O)c1c(O)cc2cc3c(c(O)c2c1C)C(=O)CCC3O. The monoisotopic (exact) mass is 316 g/mol. The van der Waals surface area contributed by atoms with Gasteiger partial charge in [-0.25, -0.2) is 4.79 Å². The minimum Gasteiger partial charge on any atom is -0.507 e. The van der Waals surface area contributed by atoms with Gasteiger partial charge in [0.2, 0.25) is 0 Å². The molecule has 0 heterocycles. The average Bonchev–Trinajstić information content (AvgIpc) is 2.50. The molecule has 0 spiro atoms. The Kier molecular flexibility index (Phi) is 3.49. The van der Waals surface area contributed by atoms with Crippen molar-refractivity contribution in [2.45, 2.75) is 25.9 Å². The van der Waals surface area contributed by atoms with Crippen molar-refractivity contribution in [1.29, 1.82) is 0 Å². The van der Waals surface area contributed by atoms with Crippen LogP contribution in [0.1, 0.15) is 50.8 Å². The fourth-order valence-corrected chi connectivity index (χ4v) is 3.22. The largest absolute Gasteiger partial charge is 0.507 e. The molecule has 1 unspecified atom stereocenters. The molecule has 2 aromatic rings. The number of carbonyl (C=O) groups is 2. The van der Waals surface area contributed by atoms with Crippen LogP contribution >= 0.6 is 0 Å². The lowest BCUT2D eigenvalue weighted by Crippen LogP contribution is -2.16. The lowest BCUT2D eigenvalue weighted by atomic mass is 9.84. The molecule has 1 aliphatic rings. The second-order valence-corrected chi connectivity index (χ2v) is 5.65. The number of aliphatic hydroxyl groups excluding tert-OH is 1. The van der Waals surface area contributed by atoms with E-state index in [2.05, 4.69) is 4.74 Å². The Morgan fingerprint density at radius 3 is 2.65 bits per heavy atom. The van der Waals surface area contributed by atoms with Crippen LogP contribution in [0.15, 0.2) is 12.1 Å². The molecule has 1 atom stereocenters. The van der Waals surface area contributed by atoms with Crippen LogP contribution in [-0.2, 0) is 4.74 Å². The molecular formula is C17H16O6. The van der Waals surface area contributed by atoms with Crippen LogP contribution < -0.4 is 0 Å². The first-order valence-electron chi connectivity index (χ1n) is 7.18. The van der Waals surface area contributed by atoms with Gasteiger partial charge < -0.3 is 20.1 Å². The van der Waals surface area contributed by atoms with Crippen LogP contribution in [0.3, 0.4) is 0 Å². The summed E-state index contributed by atoms with van der Waals surface area (Å²) in [6.07, 6.45) is -0.406. The van der Waals surface area contributed by atoms with E-state index in [0.29, 0.717) is 28.3 Å². The first-order valence-corrected chi connectivity index (χ1v) is 7.18. The summed E-state index contributed by atoms with van der Waals surface area (Å²) in [4.78, 5) is 24.0. The molecule has 0 aliphatic heterocycles. The molecule has 0 amide bonds. The van der Waals surface area contributed by atoms with Gasteiger partial charge in [-0.05, 0) is 42.0 Å². The van der Waals surface area contributed by atoms with Crippen molar-refractivity contribution >= 4 is 22.5 Å². The molecule has 6 nitrogen and oxygen atoms in total. The van der Waals surface area contributed by atoms with E-state index in [4.69, 9.17) is 0 Å². The summed E-state index contributed by atoms with van der Waals surface area (Å²) in [7, 11) is 1.19. The van der Waals surface area contributed by atoms with Gasteiger partial charge in [0.1, 0.15) is 17.1 Å². The van der Waals surface area contributed by atoms with Crippen LogP contribution in [0.4, 0.5) is 0 Å². The van der Waals surface area contributed by atoms with Crippen LogP contribution in [0.2, 0.25) is 0 Å². The zero-order valence-electron chi connectivity index (χ0n) is 12.7. The van der Waals surface area contributed by atoms with E-state index in [-0.39, 0.29) is 34.8 Å². The summed E-state index contributed by atoms with van der Waals surface area (Å²) >= 11 is 0. The Hall–Kier alpha value is -2.60. The van der Waals surface area contributed by atoms with Crippen LogP contribution in [0.25, 0.3) is 10.8 Å². The summed E-state index contributed by atoms with van der Waals surface area (Å²) in [5, 5.41) is 31.5. The van der Waals surface area contributed by atoms with E-state index in [1.165, 1.54) is 13.2 Å². The predicted octanol–water partition coefficient (Wildman–Crippen LogP) is 2.36. The van der Waals surface area contributed by atoms with E-state index in [0.717, 1.165) is 0 Å². The topological polar surface area (TPSA) is 104 Å². The smallest absolute Gasteiger partial charge is 0.341 e. The van der Waals surface area contributed by atoms with E-state index >= 15 is 0 Å². The minimum absolute atomic E-state index is 0.0564. The second kappa shape index (κ2) is 5.24. The Balaban J connectivity index is 2.43. The van der Waals surface area contributed by atoms with Gasteiger partial charge in [0.15, 0.2) is 5.78 Å². The molecule has 0 aromatic heterocycles. The molecule has 3 N–H and O–H groups in total. The van der Waals surface area contributed by atoms with E-state index < -0.39 is 12.1 Å². The van der Waals surface area contributed by atoms with Gasteiger partial charge in [-0.15, -0.1) is 0 Å². The maximum atomic E-state index is 12.1. The second-order valence-electron chi connectivity index (χ2n) is 5.65. The van der Waals surface area contributed by atoms with E-state index in [1.54, 1.807) is 13.0 Å². The lowest BCUT2D eigenvalue weighted by molar-refractivity contribution is 0.0596. The number of phenols is 2. The summed E-state index contributed by atoms with van der Waals surface area (Å²) in [5.41, 5.74) is 0.691. The zero-order valence-corrected chi connectivity index (χ0v) is 12.7. The summed E-state index contributed by atoms with van der Waals surface area (Å²) in [6.45, 7) is 1.56. The van der Waals surface area contributed by atoms with E-state index in [1.807, 2.05) is 0 Å². The number of aliphatic hydroxyl groups is 1. The number of aryl methyl sites for hydroxylation is 1. The number of benzene rings is 2. The quantitative estimate of drug-likeness (QED) is 0.698. The number of rotatable bonds is 1. The Labute approximate surface area is 131 Å². The molecule has 0 bridgehead atoms. The standard InChI is InChI=1S/C17H16O6/c1-7-13-8(6-12(20)14(7)17(22)23-2)5-9-10(18)3-4-11(19)15(9)16(13)21/h5-6,10,18,20-21H,3-4H2,1-2H3. The van der Waals surface area contributed by atoms with Crippen molar-refractivity contribution in [1.82, 2.24) is 0 Å². The van der Waals surface area contributed by atoms with Crippen LogP contribution in [0.5, 0.6) is 11.5 Å². The number of hydrogen-bond donors (Lipinski definition) is 3. The normalized spacial score (nSPS) is 17.2. The zero-order chi connectivity index (χ0) is 16.9. The molecule has 2 aromatic carbocycles. The molecule has 120 valence electrons. The van der Waals surface area contributed by atoms with Crippen molar-refractivity contribution in [2.24, 2.45) is 0 Å². The Morgan fingerprint density at radius 2 is 2.00 bits per heavy atom. The molecule has 0 saturated heterocycles. The number of aromatic hydroxyl groups is 2. The van der Waals surface area contributed by atoms with Crippen molar-refractivity contribution in [3.8, 4) is 11.5 Å². The van der Waals surface area contributed by atoms with Gasteiger partial charge in [0.25, 0.3) is 0 Å². The minimum atomic E-state index is -0.847. The third-order valence-corrected chi connectivity index (χ3v) is 4.33. The third kappa shape index (κ3) is 2.14.